The largest absolute Gasteiger partial charge is 0.281 e. The van der Waals surface area contributed by atoms with Gasteiger partial charge in [0.2, 0.25) is 21.0 Å². The van der Waals surface area contributed by atoms with Crippen LogP contribution in [-0.4, -0.2) is 21.0 Å². The summed E-state index contributed by atoms with van der Waals surface area (Å²) in [5, 5.41) is -1.44. The van der Waals surface area contributed by atoms with Crippen molar-refractivity contribution >= 4 is 67.4 Å². The van der Waals surface area contributed by atoms with Gasteiger partial charge in [-0.2, -0.15) is 0 Å². The number of halogens is 4. The molecule has 0 radical (unpaired) electrons. The Morgan fingerprint density at radius 1 is 0.450 bits per heavy atom. The molecule has 0 aromatic heterocycles. The normalized spacial score (nSPS) is 9.40. The first-order valence-corrected chi connectivity index (χ1v) is 7.50. The molecule has 20 heavy (non-hydrogen) atoms. The fourth-order valence-electron chi connectivity index (χ4n) is 1.06. The molecule has 0 unspecified atom stereocenters. The van der Waals surface area contributed by atoms with Gasteiger partial charge in [0.25, 0.3) is 0 Å². The fourth-order valence-corrected chi connectivity index (χ4v) is 1.59. The van der Waals surface area contributed by atoms with Gasteiger partial charge in [-0.05, 0) is 72.1 Å². The molecule has 0 fully saturated rings. The quantitative estimate of drug-likeness (QED) is 0.430. The van der Waals surface area contributed by atoms with Gasteiger partial charge < -0.3 is 0 Å². The Kier molecular flexibility index (Phi) is 16.9. The first-order valence-electron chi connectivity index (χ1n) is 5.99. The molecule has 0 aliphatic rings. The Balaban J connectivity index is 0. The molecule has 0 spiro atoms. The molecule has 0 N–H and O–H groups in total. The van der Waals surface area contributed by atoms with Gasteiger partial charge in [-0.15, -0.1) is 0 Å². The van der Waals surface area contributed by atoms with Crippen LogP contribution in [0.5, 0.6) is 0 Å². The number of carbonyl (C=O) groups is 4. The average Bonchev–Trinajstić information content (AvgIpc) is 2.30. The van der Waals surface area contributed by atoms with Crippen LogP contribution in [0.2, 0.25) is 0 Å². The predicted molar refractivity (Wildman–Crippen MR) is 80.4 cm³/mol. The van der Waals surface area contributed by atoms with E-state index in [0.29, 0.717) is 51.4 Å². The fraction of sp³-hybridized carbons (Fsp3) is 0.667. The van der Waals surface area contributed by atoms with Crippen LogP contribution in [0.25, 0.3) is 0 Å². The Morgan fingerprint density at radius 2 is 0.600 bits per heavy atom. The molecule has 0 amide bonds. The number of rotatable bonds is 10. The van der Waals surface area contributed by atoms with Crippen molar-refractivity contribution in [1.82, 2.24) is 0 Å². The molecule has 0 aromatic carbocycles. The Hall–Kier alpha value is -0.160. The van der Waals surface area contributed by atoms with Crippen molar-refractivity contribution in [3.8, 4) is 0 Å². The molecule has 0 atom stereocenters. The van der Waals surface area contributed by atoms with Crippen molar-refractivity contribution in [3.05, 3.63) is 0 Å². The van der Waals surface area contributed by atoms with Gasteiger partial charge in [0, 0.05) is 25.7 Å². The van der Waals surface area contributed by atoms with Crippen LogP contribution in [0.4, 0.5) is 0 Å². The second kappa shape index (κ2) is 15.2. The zero-order valence-corrected chi connectivity index (χ0v) is 13.8. The van der Waals surface area contributed by atoms with Crippen molar-refractivity contribution < 1.29 is 19.2 Å². The summed E-state index contributed by atoms with van der Waals surface area (Å²) in [5.74, 6) is 0. The van der Waals surface area contributed by atoms with Crippen molar-refractivity contribution in [2.45, 2.75) is 51.4 Å². The van der Waals surface area contributed by atoms with Gasteiger partial charge in [0.15, 0.2) is 0 Å². The summed E-state index contributed by atoms with van der Waals surface area (Å²) >= 11 is 20.1. The van der Waals surface area contributed by atoms with E-state index in [2.05, 4.69) is 0 Å². The smallest absolute Gasteiger partial charge is 0.221 e. The topological polar surface area (TPSA) is 68.3 Å². The lowest BCUT2D eigenvalue weighted by Crippen LogP contribution is -1.89. The Morgan fingerprint density at radius 3 is 0.700 bits per heavy atom. The summed E-state index contributed by atoms with van der Waals surface area (Å²) in [6.45, 7) is 0. The number of hydrogen-bond acceptors (Lipinski definition) is 4. The van der Waals surface area contributed by atoms with Gasteiger partial charge in [-0.25, -0.2) is 0 Å². The second-order valence-electron chi connectivity index (χ2n) is 3.83. The van der Waals surface area contributed by atoms with E-state index in [4.69, 9.17) is 46.4 Å². The molecule has 4 nitrogen and oxygen atoms in total. The predicted octanol–water partition coefficient (Wildman–Crippen LogP) is 4.16. The van der Waals surface area contributed by atoms with E-state index in [-0.39, 0.29) is 21.0 Å². The first-order chi connectivity index (χ1) is 9.25. The van der Waals surface area contributed by atoms with Crippen LogP contribution < -0.4 is 0 Å². The minimum atomic E-state index is -0.359. The number of carbonyl (C=O) groups excluding carboxylic acids is 4. The van der Waals surface area contributed by atoms with Crippen LogP contribution in [0.15, 0.2) is 0 Å². The van der Waals surface area contributed by atoms with Crippen LogP contribution >= 0.6 is 46.4 Å². The lowest BCUT2D eigenvalue weighted by molar-refractivity contribution is -0.113. The Bertz CT molecular complexity index is 267. The SMILES string of the molecule is O=C(Cl)CCCCC(=O)Cl.O=C(Cl)CCCCC(=O)Cl. The van der Waals surface area contributed by atoms with Crippen molar-refractivity contribution in [2.24, 2.45) is 0 Å². The van der Waals surface area contributed by atoms with E-state index in [1.165, 1.54) is 0 Å². The zero-order chi connectivity index (χ0) is 16.0. The lowest BCUT2D eigenvalue weighted by atomic mass is 10.2. The van der Waals surface area contributed by atoms with E-state index >= 15 is 0 Å². The summed E-state index contributed by atoms with van der Waals surface area (Å²) in [6, 6.07) is 0. The van der Waals surface area contributed by atoms with Gasteiger partial charge in [0.1, 0.15) is 0 Å². The third-order valence-corrected chi connectivity index (χ3v) is 2.75. The highest BCUT2D eigenvalue weighted by atomic mass is 35.5. The van der Waals surface area contributed by atoms with Crippen LogP contribution in [0.1, 0.15) is 51.4 Å². The van der Waals surface area contributed by atoms with Gasteiger partial charge in [-0.3, -0.25) is 19.2 Å². The molecule has 0 aliphatic carbocycles. The summed E-state index contributed by atoms with van der Waals surface area (Å²) in [5.41, 5.74) is 0. The maximum Gasteiger partial charge on any atom is 0.221 e. The highest BCUT2D eigenvalue weighted by Gasteiger charge is 1.99. The monoisotopic (exact) mass is 364 g/mol. The van der Waals surface area contributed by atoms with Crippen molar-refractivity contribution in [3.63, 3.8) is 0 Å². The highest BCUT2D eigenvalue weighted by molar-refractivity contribution is 6.64. The number of hydrogen-bond donors (Lipinski definition) is 0. The second-order valence-corrected chi connectivity index (χ2v) is 5.52. The van der Waals surface area contributed by atoms with Gasteiger partial charge >= 0.3 is 0 Å². The zero-order valence-electron chi connectivity index (χ0n) is 10.8. The average molecular weight is 366 g/mol. The molecular formula is C12H16Cl4O4. The number of unbranched alkanes of at least 4 members (excludes halogenated alkanes) is 2. The third kappa shape index (κ3) is 26.4. The van der Waals surface area contributed by atoms with Gasteiger partial charge in [-0.1, -0.05) is 0 Å². The highest BCUT2D eigenvalue weighted by Crippen LogP contribution is 2.04. The molecule has 0 rings (SSSR count). The van der Waals surface area contributed by atoms with Crippen LogP contribution in [-0.2, 0) is 19.2 Å². The molecule has 116 valence electrons. The Labute approximate surface area is 138 Å². The standard InChI is InChI=1S/2C6H8Cl2O2/c2*7-5(9)3-1-2-4-6(8)10/h2*1-4H2. The van der Waals surface area contributed by atoms with E-state index in [9.17, 15) is 19.2 Å². The minimum absolute atomic E-state index is 0.325. The molecular weight excluding hydrogens is 350 g/mol. The molecule has 8 heteroatoms. The van der Waals surface area contributed by atoms with E-state index in [1.807, 2.05) is 0 Å². The van der Waals surface area contributed by atoms with Crippen molar-refractivity contribution in [1.29, 1.82) is 0 Å². The van der Waals surface area contributed by atoms with E-state index < -0.39 is 0 Å². The first kappa shape index (κ1) is 22.1. The van der Waals surface area contributed by atoms with Crippen LogP contribution in [0, 0.1) is 0 Å². The lowest BCUT2D eigenvalue weighted by Gasteiger charge is -1.91. The summed E-state index contributed by atoms with van der Waals surface area (Å²) in [6.07, 6.45) is 3.86. The molecule has 0 bridgehead atoms. The van der Waals surface area contributed by atoms with Crippen molar-refractivity contribution in [2.75, 3.05) is 0 Å². The maximum atomic E-state index is 10.1. The van der Waals surface area contributed by atoms with Gasteiger partial charge in [0.05, 0.1) is 0 Å². The molecule has 0 aliphatic heterocycles. The van der Waals surface area contributed by atoms with E-state index in [1.54, 1.807) is 0 Å². The molecule has 0 aromatic rings. The molecule has 0 heterocycles. The molecule has 0 saturated heterocycles. The molecule has 0 saturated carbocycles. The summed E-state index contributed by atoms with van der Waals surface area (Å²) in [7, 11) is 0. The summed E-state index contributed by atoms with van der Waals surface area (Å²) < 4.78 is 0. The third-order valence-electron chi connectivity index (χ3n) is 1.99. The maximum absolute atomic E-state index is 10.1. The minimum Gasteiger partial charge on any atom is -0.281 e. The van der Waals surface area contributed by atoms with E-state index in [0.717, 1.165) is 0 Å². The summed E-state index contributed by atoms with van der Waals surface area (Å²) in [4.78, 5) is 40.5. The van der Waals surface area contributed by atoms with Crippen LogP contribution in [0.3, 0.4) is 0 Å².